The number of aromatic nitrogens is 2. The summed E-state index contributed by atoms with van der Waals surface area (Å²) in [6.07, 6.45) is 3.96. The second kappa shape index (κ2) is 7.46. The fourth-order valence-electron chi connectivity index (χ4n) is 2.10. The molecule has 20 heavy (non-hydrogen) atoms. The smallest absolute Gasteiger partial charge is 0.0815 e. The van der Waals surface area contributed by atoms with Crippen LogP contribution in [0.15, 0.2) is 30.5 Å². The van der Waals surface area contributed by atoms with Gasteiger partial charge in [0.25, 0.3) is 0 Å². The first kappa shape index (κ1) is 15.1. The molecule has 2 rings (SSSR count). The van der Waals surface area contributed by atoms with Crippen LogP contribution in [0.2, 0.25) is 5.02 Å². The maximum Gasteiger partial charge on any atom is 0.0815 e. The Morgan fingerprint density at radius 1 is 1.15 bits per heavy atom. The Labute approximate surface area is 126 Å². The molecule has 0 saturated carbocycles. The van der Waals surface area contributed by atoms with E-state index in [2.05, 4.69) is 41.6 Å². The molecule has 0 aliphatic heterocycles. The number of benzene rings is 1. The van der Waals surface area contributed by atoms with E-state index in [1.54, 1.807) is 6.20 Å². The first-order valence-electron chi connectivity index (χ1n) is 7.17. The zero-order chi connectivity index (χ0) is 14.4. The normalized spacial score (nSPS) is 10.9. The molecular weight excluding hydrogens is 270 g/mol. The third kappa shape index (κ3) is 4.09. The molecule has 3 nitrogen and oxygen atoms in total. The molecule has 0 saturated heterocycles. The number of halogens is 1. The van der Waals surface area contributed by atoms with Crippen molar-refractivity contribution in [2.24, 2.45) is 0 Å². The van der Waals surface area contributed by atoms with Crippen LogP contribution in [0.3, 0.4) is 0 Å². The highest BCUT2D eigenvalue weighted by molar-refractivity contribution is 6.31. The molecule has 1 heterocycles. The van der Waals surface area contributed by atoms with Crippen LogP contribution in [-0.4, -0.2) is 22.9 Å². The van der Waals surface area contributed by atoms with Crippen LogP contribution >= 0.6 is 11.6 Å². The lowest BCUT2D eigenvalue weighted by Crippen LogP contribution is -2.17. The van der Waals surface area contributed by atoms with Gasteiger partial charge in [-0.15, -0.1) is 0 Å². The zero-order valence-electron chi connectivity index (χ0n) is 12.2. The second-order valence-corrected chi connectivity index (χ2v) is 5.46. The van der Waals surface area contributed by atoms with Crippen LogP contribution in [0.1, 0.15) is 30.2 Å². The van der Waals surface area contributed by atoms with Crippen molar-refractivity contribution in [3.05, 3.63) is 52.3 Å². The first-order valence-corrected chi connectivity index (χ1v) is 7.55. The highest BCUT2D eigenvalue weighted by Crippen LogP contribution is 2.15. The molecule has 0 aliphatic rings. The highest BCUT2D eigenvalue weighted by Gasteiger charge is 2.04. The van der Waals surface area contributed by atoms with Crippen LogP contribution in [-0.2, 0) is 13.0 Å². The molecule has 108 valence electrons. The minimum absolute atomic E-state index is 0.726. The number of nitrogens with one attached hydrogen (secondary N) is 1. The SMILES string of the molecule is CCCNCCc1ccc(Cn2ncc(Cl)c2C)cc1. The lowest BCUT2D eigenvalue weighted by Gasteiger charge is -2.07. The van der Waals surface area contributed by atoms with E-state index >= 15 is 0 Å². The number of hydrogen-bond donors (Lipinski definition) is 1. The molecular formula is C16H22ClN3. The first-order chi connectivity index (χ1) is 9.70. The monoisotopic (exact) mass is 291 g/mol. The quantitative estimate of drug-likeness (QED) is 0.792. The van der Waals surface area contributed by atoms with E-state index in [1.165, 1.54) is 17.5 Å². The Bertz CT molecular complexity index is 531. The van der Waals surface area contributed by atoms with E-state index in [-0.39, 0.29) is 0 Å². The van der Waals surface area contributed by atoms with Crippen LogP contribution < -0.4 is 5.32 Å². The van der Waals surface area contributed by atoms with E-state index in [0.717, 1.165) is 36.8 Å². The lowest BCUT2D eigenvalue weighted by molar-refractivity contribution is 0.662. The molecule has 0 aliphatic carbocycles. The maximum absolute atomic E-state index is 6.01. The maximum atomic E-state index is 6.01. The molecule has 4 heteroatoms. The van der Waals surface area contributed by atoms with Gasteiger partial charge in [-0.05, 0) is 44.0 Å². The van der Waals surface area contributed by atoms with Gasteiger partial charge in [-0.1, -0.05) is 42.8 Å². The third-order valence-electron chi connectivity index (χ3n) is 3.42. The topological polar surface area (TPSA) is 29.9 Å². The van der Waals surface area contributed by atoms with E-state index in [1.807, 2.05) is 11.6 Å². The fourth-order valence-corrected chi connectivity index (χ4v) is 2.24. The van der Waals surface area contributed by atoms with Crippen molar-refractivity contribution >= 4 is 11.6 Å². The highest BCUT2D eigenvalue weighted by atomic mass is 35.5. The van der Waals surface area contributed by atoms with Gasteiger partial charge in [0.15, 0.2) is 0 Å². The Morgan fingerprint density at radius 2 is 1.85 bits per heavy atom. The van der Waals surface area contributed by atoms with Crippen molar-refractivity contribution in [3.8, 4) is 0 Å². The van der Waals surface area contributed by atoms with Crippen LogP contribution in [0.25, 0.3) is 0 Å². The predicted molar refractivity (Wildman–Crippen MR) is 84.4 cm³/mol. The van der Waals surface area contributed by atoms with E-state index in [0.29, 0.717) is 0 Å². The zero-order valence-corrected chi connectivity index (χ0v) is 13.0. The van der Waals surface area contributed by atoms with Crippen LogP contribution in [0.5, 0.6) is 0 Å². The summed E-state index contributed by atoms with van der Waals surface area (Å²) in [5.41, 5.74) is 3.63. The minimum atomic E-state index is 0.726. The lowest BCUT2D eigenvalue weighted by atomic mass is 10.1. The van der Waals surface area contributed by atoms with E-state index < -0.39 is 0 Å². The van der Waals surface area contributed by atoms with Crippen molar-refractivity contribution < 1.29 is 0 Å². The number of nitrogens with zero attached hydrogens (tertiary/aromatic N) is 2. The minimum Gasteiger partial charge on any atom is -0.316 e. The second-order valence-electron chi connectivity index (χ2n) is 5.05. The van der Waals surface area contributed by atoms with E-state index in [9.17, 15) is 0 Å². The molecule has 1 N–H and O–H groups in total. The summed E-state index contributed by atoms with van der Waals surface area (Å²) in [6.45, 7) is 7.08. The van der Waals surface area contributed by atoms with Crippen molar-refractivity contribution in [1.82, 2.24) is 15.1 Å². The molecule has 0 amide bonds. The summed E-state index contributed by atoms with van der Waals surface area (Å²) in [4.78, 5) is 0. The predicted octanol–water partition coefficient (Wildman–Crippen LogP) is 3.44. The van der Waals surface area contributed by atoms with Gasteiger partial charge in [-0.2, -0.15) is 5.10 Å². The van der Waals surface area contributed by atoms with Gasteiger partial charge >= 0.3 is 0 Å². The Kier molecular flexibility index (Phi) is 5.62. The van der Waals surface area contributed by atoms with Gasteiger partial charge < -0.3 is 5.32 Å². The third-order valence-corrected chi connectivity index (χ3v) is 3.79. The summed E-state index contributed by atoms with van der Waals surface area (Å²) in [6, 6.07) is 8.74. The largest absolute Gasteiger partial charge is 0.316 e. The van der Waals surface area contributed by atoms with Crippen molar-refractivity contribution in [2.45, 2.75) is 33.2 Å². The molecule has 0 radical (unpaired) electrons. The van der Waals surface area contributed by atoms with Crippen molar-refractivity contribution in [2.75, 3.05) is 13.1 Å². The molecule has 0 bridgehead atoms. The average Bonchev–Trinajstić information content (AvgIpc) is 2.77. The Balaban J connectivity index is 1.89. The van der Waals surface area contributed by atoms with E-state index in [4.69, 9.17) is 11.6 Å². The summed E-state index contributed by atoms with van der Waals surface area (Å²) in [5.74, 6) is 0. The van der Waals surface area contributed by atoms with Gasteiger partial charge in [0.1, 0.15) is 0 Å². The van der Waals surface area contributed by atoms with Crippen molar-refractivity contribution in [3.63, 3.8) is 0 Å². The Hall–Kier alpha value is -1.32. The summed E-state index contributed by atoms with van der Waals surface area (Å²) >= 11 is 6.01. The summed E-state index contributed by atoms with van der Waals surface area (Å²) in [7, 11) is 0. The molecule has 2 aromatic rings. The van der Waals surface area contributed by atoms with Gasteiger partial charge in [0, 0.05) is 0 Å². The van der Waals surface area contributed by atoms with Gasteiger partial charge in [-0.25, -0.2) is 0 Å². The van der Waals surface area contributed by atoms with Gasteiger partial charge in [0.05, 0.1) is 23.5 Å². The standard InChI is InChI=1S/C16H22ClN3/c1-3-9-18-10-8-14-4-6-15(7-5-14)12-20-13(2)16(17)11-19-20/h4-7,11,18H,3,8-10,12H2,1-2H3. The summed E-state index contributed by atoms with van der Waals surface area (Å²) in [5, 5.41) is 8.42. The fraction of sp³-hybridized carbons (Fsp3) is 0.438. The Morgan fingerprint density at radius 3 is 2.45 bits per heavy atom. The average molecular weight is 292 g/mol. The molecule has 0 unspecified atom stereocenters. The molecule has 0 spiro atoms. The molecule has 1 aromatic carbocycles. The van der Waals surface area contributed by atoms with Crippen LogP contribution in [0, 0.1) is 6.92 Å². The molecule has 0 fully saturated rings. The number of rotatable bonds is 7. The molecule has 1 aromatic heterocycles. The number of hydrogen-bond acceptors (Lipinski definition) is 2. The van der Waals surface area contributed by atoms with Gasteiger partial charge in [-0.3, -0.25) is 4.68 Å². The van der Waals surface area contributed by atoms with Crippen molar-refractivity contribution in [1.29, 1.82) is 0 Å². The summed E-state index contributed by atoms with van der Waals surface area (Å²) < 4.78 is 1.93. The van der Waals surface area contributed by atoms with Crippen LogP contribution in [0.4, 0.5) is 0 Å². The molecule has 0 atom stereocenters. The van der Waals surface area contributed by atoms with Gasteiger partial charge in [0.2, 0.25) is 0 Å².